The fraction of sp³-hybridized carbons (Fsp3) is 0.0500. The molecule has 0 amide bonds. The Kier molecular flexibility index (Phi) is 4.54. The van der Waals surface area contributed by atoms with E-state index in [1.807, 2.05) is 0 Å². The van der Waals surface area contributed by atoms with Crippen LogP contribution in [-0.2, 0) is 0 Å². The molecule has 0 aliphatic heterocycles. The highest BCUT2D eigenvalue weighted by Crippen LogP contribution is 2.52. The Bertz CT molecular complexity index is 2100. The van der Waals surface area contributed by atoms with Gasteiger partial charge >= 0.3 is 0 Å². The molecule has 0 bridgehead atoms. The summed E-state index contributed by atoms with van der Waals surface area (Å²) in [5, 5.41) is 7.78. The summed E-state index contributed by atoms with van der Waals surface area (Å²) in [5.41, 5.74) is 10.9. The van der Waals surface area contributed by atoms with Crippen LogP contribution in [0.3, 0.4) is 0 Å². The van der Waals surface area contributed by atoms with Gasteiger partial charge in [0.2, 0.25) is 0 Å². The summed E-state index contributed by atoms with van der Waals surface area (Å²) in [7, 11) is 0. The maximum absolute atomic E-state index is 2.41. The minimum atomic E-state index is 0.400. The van der Waals surface area contributed by atoms with E-state index in [4.69, 9.17) is 0 Å². The second kappa shape index (κ2) is 8.28. The van der Waals surface area contributed by atoms with Crippen LogP contribution in [0.15, 0.2) is 139 Å². The molecule has 0 nitrogen and oxygen atoms in total. The molecule has 186 valence electrons. The number of hydrogen-bond donors (Lipinski definition) is 0. The number of hydrogen-bond acceptors (Lipinski definition) is 0. The van der Waals surface area contributed by atoms with Crippen LogP contribution in [0.5, 0.6) is 0 Å². The van der Waals surface area contributed by atoms with Gasteiger partial charge in [0, 0.05) is 11.8 Å². The molecule has 3 aliphatic rings. The Morgan fingerprint density at radius 1 is 0.475 bits per heavy atom. The second-order valence-electron chi connectivity index (χ2n) is 11.2. The van der Waals surface area contributed by atoms with Crippen LogP contribution < -0.4 is 0 Å². The summed E-state index contributed by atoms with van der Waals surface area (Å²) in [6.07, 6.45) is 16.3. The molecule has 0 fully saturated rings. The van der Waals surface area contributed by atoms with E-state index in [0.717, 1.165) is 0 Å². The molecule has 0 radical (unpaired) electrons. The highest BCUT2D eigenvalue weighted by molar-refractivity contribution is 6.24. The van der Waals surface area contributed by atoms with Crippen LogP contribution in [0, 0.1) is 5.92 Å². The average molecular weight is 507 g/mol. The first-order chi connectivity index (χ1) is 19.9. The smallest absolute Gasteiger partial charge is 0.0199 e. The molecular formula is C40H26. The average Bonchev–Trinajstić information content (AvgIpc) is 3.02. The van der Waals surface area contributed by atoms with E-state index >= 15 is 0 Å². The van der Waals surface area contributed by atoms with E-state index in [0.29, 0.717) is 11.8 Å². The lowest BCUT2D eigenvalue weighted by Gasteiger charge is -2.36. The number of rotatable bonds is 2. The van der Waals surface area contributed by atoms with E-state index in [1.54, 1.807) is 0 Å². The molecule has 6 aromatic rings. The Morgan fingerprint density at radius 3 is 1.88 bits per heavy atom. The molecule has 2 unspecified atom stereocenters. The van der Waals surface area contributed by atoms with Crippen LogP contribution in [0.2, 0.25) is 0 Å². The molecule has 3 aliphatic carbocycles. The van der Waals surface area contributed by atoms with Gasteiger partial charge < -0.3 is 0 Å². The molecule has 9 rings (SSSR count). The van der Waals surface area contributed by atoms with Crippen molar-refractivity contribution in [2.45, 2.75) is 5.92 Å². The standard InChI is InChI=1S/C40H26/c1-2-13-29-25(9-1)10-8-18-30(29)39-31-14-3-5-16-33(31)40(34-17-6-4-15-32(34)39)36-24-22-28-20-19-26-11-7-12-27-21-23-35(36)38(28)37(26)27/h1-24,27,37H. The predicted octanol–water partition coefficient (Wildman–Crippen LogP) is 10.7. The molecule has 0 saturated carbocycles. The van der Waals surface area contributed by atoms with E-state index in [9.17, 15) is 0 Å². The van der Waals surface area contributed by atoms with Crippen molar-refractivity contribution in [3.05, 3.63) is 156 Å². The van der Waals surface area contributed by atoms with Gasteiger partial charge in [-0.2, -0.15) is 0 Å². The molecule has 2 atom stereocenters. The Hall–Kier alpha value is -4.94. The number of fused-ring (bicyclic) bond motifs is 3. The van der Waals surface area contributed by atoms with Crippen LogP contribution >= 0.6 is 0 Å². The fourth-order valence-corrected chi connectivity index (χ4v) is 7.51. The summed E-state index contributed by atoms with van der Waals surface area (Å²) in [5.74, 6) is 0.825. The van der Waals surface area contributed by atoms with Crippen LogP contribution in [0.4, 0.5) is 0 Å². The van der Waals surface area contributed by atoms with Crippen LogP contribution in [0.25, 0.3) is 66.7 Å². The van der Waals surface area contributed by atoms with Gasteiger partial charge in [-0.3, -0.25) is 0 Å². The Morgan fingerprint density at radius 2 is 1.12 bits per heavy atom. The van der Waals surface area contributed by atoms with Crippen molar-refractivity contribution >= 4 is 44.5 Å². The maximum atomic E-state index is 2.41. The quantitative estimate of drug-likeness (QED) is 0.205. The minimum absolute atomic E-state index is 0.400. The van der Waals surface area contributed by atoms with Crippen LogP contribution in [-0.4, -0.2) is 0 Å². The number of benzene rings is 6. The van der Waals surface area contributed by atoms with Crippen molar-refractivity contribution in [3.63, 3.8) is 0 Å². The fourth-order valence-electron chi connectivity index (χ4n) is 7.51. The normalized spacial score (nSPS) is 18.4. The minimum Gasteiger partial charge on any atom is -0.0767 e. The largest absolute Gasteiger partial charge is 0.0767 e. The van der Waals surface area contributed by atoms with Crippen molar-refractivity contribution < 1.29 is 0 Å². The highest BCUT2D eigenvalue weighted by Gasteiger charge is 2.34. The monoisotopic (exact) mass is 506 g/mol. The van der Waals surface area contributed by atoms with Gasteiger partial charge in [0.15, 0.2) is 0 Å². The lowest BCUT2D eigenvalue weighted by atomic mass is 9.67. The zero-order valence-electron chi connectivity index (χ0n) is 22.0. The SMILES string of the molecule is C1=CC2C=Cc3c(-c4c5ccccc5c(-c5cccc6ccccc56)c5ccccc45)ccc4c3C2C(=C1)C=C4. The van der Waals surface area contributed by atoms with Crippen molar-refractivity contribution in [2.75, 3.05) is 0 Å². The summed E-state index contributed by atoms with van der Waals surface area (Å²) < 4.78 is 0. The summed E-state index contributed by atoms with van der Waals surface area (Å²) in [4.78, 5) is 0. The summed E-state index contributed by atoms with van der Waals surface area (Å²) in [6, 6.07) is 38.2. The molecule has 0 N–H and O–H groups in total. The lowest BCUT2D eigenvalue weighted by Crippen LogP contribution is -2.21. The maximum Gasteiger partial charge on any atom is 0.0199 e. The van der Waals surface area contributed by atoms with Gasteiger partial charge in [0.1, 0.15) is 0 Å². The third-order valence-corrected chi connectivity index (χ3v) is 9.20. The molecule has 6 aromatic carbocycles. The Balaban J connectivity index is 1.42. The third kappa shape index (κ3) is 2.96. The van der Waals surface area contributed by atoms with Gasteiger partial charge in [-0.1, -0.05) is 146 Å². The first kappa shape index (κ1) is 21.9. The predicted molar refractivity (Wildman–Crippen MR) is 171 cm³/mol. The molecular weight excluding hydrogens is 480 g/mol. The summed E-state index contributed by atoms with van der Waals surface area (Å²) >= 11 is 0. The molecule has 40 heavy (non-hydrogen) atoms. The van der Waals surface area contributed by atoms with E-state index in [2.05, 4.69) is 146 Å². The van der Waals surface area contributed by atoms with E-state index in [-0.39, 0.29) is 0 Å². The zero-order valence-corrected chi connectivity index (χ0v) is 22.0. The zero-order chi connectivity index (χ0) is 26.2. The van der Waals surface area contributed by atoms with Gasteiger partial charge in [-0.05, 0) is 76.8 Å². The van der Waals surface area contributed by atoms with Crippen molar-refractivity contribution in [1.29, 1.82) is 0 Å². The first-order valence-electron chi connectivity index (χ1n) is 14.2. The van der Waals surface area contributed by atoms with Crippen molar-refractivity contribution in [3.8, 4) is 22.3 Å². The second-order valence-corrected chi connectivity index (χ2v) is 11.2. The molecule has 0 aromatic heterocycles. The van der Waals surface area contributed by atoms with Crippen molar-refractivity contribution in [1.82, 2.24) is 0 Å². The summed E-state index contributed by atoms with van der Waals surface area (Å²) in [6.45, 7) is 0. The van der Waals surface area contributed by atoms with Gasteiger partial charge in [0.25, 0.3) is 0 Å². The van der Waals surface area contributed by atoms with Gasteiger partial charge in [0.05, 0.1) is 0 Å². The van der Waals surface area contributed by atoms with Gasteiger partial charge in [-0.25, -0.2) is 0 Å². The van der Waals surface area contributed by atoms with Gasteiger partial charge in [-0.15, -0.1) is 0 Å². The molecule has 0 saturated heterocycles. The van der Waals surface area contributed by atoms with Crippen molar-refractivity contribution in [2.24, 2.45) is 5.92 Å². The first-order valence-corrected chi connectivity index (χ1v) is 14.2. The molecule has 0 heterocycles. The highest BCUT2D eigenvalue weighted by atomic mass is 14.4. The molecule has 0 heteroatoms. The lowest BCUT2D eigenvalue weighted by molar-refractivity contribution is 0.665. The van der Waals surface area contributed by atoms with E-state index in [1.165, 1.54) is 76.8 Å². The third-order valence-electron chi connectivity index (χ3n) is 9.20. The van der Waals surface area contributed by atoms with E-state index < -0.39 is 0 Å². The van der Waals surface area contributed by atoms with Crippen LogP contribution in [0.1, 0.15) is 22.6 Å². The number of allylic oxidation sites excluding steroid dienone is 6. The molecule has 0 spiro atoms. The Labute approximate surface area is 233 Å². The topological polar surface area (TPSA) is 0 Å².